The predicted octanol–water partition coefficient (Wildman–Crippen LogP) is 4.39. The van der Waals surface area contributed by atoms with E-state index in [-0.39, 0.29) is 12.5 Å². The number of benzene rings is 2. The first kappa shape index (κ1) is 18.3. The van der Waals surface area contributed by atoms with Gasteiger partial charge in [0.2, 0.25) is 5.91 Å². The van der Waals surface area contributed by atoms with Gasteiger partial charge in [-0.15, -0.1) is 5.10 Å². The average molecular weight is 420 g/mol. The zero-order valence-electron chi connectivity index (χ0n) is 14.2. The molecular formula is C18H15Cl2N5OS. The van der Waals surface area contributed by atoms with Gasteiger partial charge in [0.1, 0.15) is 12.1 Å². The number of hydrogen-bond acceptors (Lipinski definition) is 5. The topological polar surface area (TPSA) is 63.4 Å². The van der Waals surface area contributed by atoms with Crippen molar-refractivity contribution >= 4 is 62.8 Å². The van der Waals surface area contributed by atoms with E-state index in [0.717, 1.165) is 23.2 Å². The number of halogens is 2. The van der Waals surface area contributed by atoms with E-state index < -0.39 is 0 Å². The van der Waals surface area contributed by atoms with Crippen LogP contribution in [0.5, 0.6) is 0 Å². The van der Waals surface area contributed by atoms with Gasteiger partial charge in [-0.25, -0.2) is 9.67 Å². The van der Waals surface area contributed by atoms with Crippen molar-refractivity contribution < 1.29 is 4.79 Å². The number of nitrogens with zero attached hydrogens (tertiary/aromatic N) is 5. The molecule has 0 spiro atoms. The Kier molecular flexibility index (Phi) is 5.33. The summed E-state index contributed by atoms with van der Waals surface area (Å²) >= 11 is 13.6. The van der Waals surface area contributed by atoms with Crippen LogP contribution >= 0.6 is 35.0 Å². The Morgan fingerprint density at radius 2 is 2.04 bits per heavy atom. The maximum Gasteiger partial charge on any atom is 0.250 e. The number of fused-ring (bicyclic) bond motifs is 1. The van der Waals surface area contributed by atoms with Crippen LogP contribution in [-0.4, -0.2) is 43.3 Å². The lowest BCUT2D eigenvalue weighted by Crippen LogP contribution is -2.41. The smallest absolute Gasteiger partial charge is 0.250 e. The molecular weight excluding hydrogens is 405 g/mol. The van der Waals surface area contributed by atoms with Crippen molar-refractivity contribution in [2.24, 2.45) is 4.99 Å². The number of hydrogen-bond donors (Lipinski definition) is 0. The van der Waals surface area contributed by atoms with E-state index in [9.17, 15) is 4.79 Å². The molecule has 1 aliphatic rings. The molecule has 0 unspecified atom stereocenters. The summed E-state index contributed by atoms with van der Waals surface area (Å²) in [6, 6.07) is 12.7. The third-order valence-electron chi connectivity index (χ3n) is 4.12. The Morgan fingerprint density at radius 1 is 1.19 bits per heavy atom. The van der Waals surface area contributed by atoms with Gasteiger partial charge in [-0.2, -0.15) is 0 Å². The standard InChI is InChI=1S/C18H15Cl2N5OS/c19-13-7-6-12(10-14(13)20)21-18-24(8-3-9-27-18)17(26)11-25-16-5-2-1-4-15(16)22-23-25/h1-2,4-7,10H,3,8-9,11H2. The minimum Gasteiger partial charge on any atom is -0.290 e. The molecule has 1 amide bonds. The highest BCUT2D eigenvalue weighted by atomic mass is 35.5. The van der Waals surface area contributed by atoms with Crippen molar-refractivity contribution in [3.8, 4) is 0 Å². The van der Waals surface area contributed by atoms with Gasteiger partial charge < -0.3 is 0 Å². The molecule has 138 valence electrons. The van der Waals surface area contributed by atoms with Crippen LogP contribution in [0.1, 0.15) is 6.42 Å². The van der Waals surface area contributed by atoms with Gasteiger partial charge >= 0.3 is 0 Å². The Labute approximate surface area is 170 Å². The zero-order valence-corrected chi connectivity index (χ0v) is 16.5. The highest BCUT2D eigenvalue weighted by Crippen LogP contribution is 2.29. The molecule has 0 aliphatic carbocycles. The average Bonchev–Trinajstić information content (AvgIpc) is 3.08. The van der Waals surface area contributed by atoms with E-state index in [1.54, 1.807) is 39.5 Å². The Morgan fingerprint density at radius 3 is 2.89 bits per heavy atom. The number of rotatable bonds is 3. The zero-order chi connectivity index (χ0) is 18.8. The highest BCUT2D eigenvalue weighted by Gasteiger charge is 2.24. The van der Waals surface area contributed by atoms with Crippen molar-refractivity contribution in [3.63, 3.8) is 0 Å². The fourth-order valence-electron chi connectivity index (χ4n) is 2.80. The monoisotopic (exact) mass is 419 g/mol. The lowest BCUT2D eigenvalue weighted by molar-refractivity contribution is -0.128. The Hall–Kier alpha value is -2.09. The largest absolute Gasteiger partial charge is 0.290 e. The van der Waals surface area contributed by atoms with Crippen molar-refractivity contribution in [2.75, 3.05) is 12.3 Å². The van der Waals surface area contributed by atoms with Crippen LogP contribution < -0.4 is 0 Å². The molecule has 9 heteroatoms. The van der Waals surface area contributed by atoms with Crippen molar-refractivity contribution in [3.05, 3.63) is 52.5 Å². The predicted molar refractivity (Wildman–Crippen MR) is 110 cm³/mol. The summed E-state index contributed by atoms with van der Waals surface area (Å²) in [5.41, 5.74) is 2.26. The minimum atomic E-state index is -0.0725. The molecule has 0 N–H and O–H groups in total. The Bertz CT molecular complexity index is 1040. The van der Waals surface area contributed by atoms with E-state index in [2.05, 4.69) is 15.3 Å². The number of amides is 1. The van der Waals surface area contributed by atoms with Gasteiger partial charge in [0.25, 0.3) is 0 Å². The molecule has 0 atom stereocenters. The van der Waals surface area contributed by atoms with Crippen LogP contribution in [0.15, 0.2) is 47.5 Å². The van der Waals surface area contributed by atoms with Crippen molar-refractivity contribution in [2.45, 2.75) is 13.0 Å². The molecule has 0 bridgehead atoms. The summed E-state index contributed by atoms with van der Waals surface area (Å²) in [4.78, 5) is 19.2. The second kappa shape index (κ2) is 7.88. The minimum absolute atomic E-state index is 0.0725. The maximum atomic E-state index is 12.9. The molecule has 1 aromatic heterocycles. The van der Waals surface area contributed by atoms with E-state index in [0.29, 0.717) is 27.4 Å². The number of amidine groups is 1. The summed E-state index contributed by atoms with van der Waals surface area (Å²) in [5.74, 6) is 0.840. The summed E-state index contributed by atoms with van der Waals surface area (Å²) in [6.45, 7) is 0.736. The fourth-order valence-corrected chi connectivity index (χ4v) is 4.06. The second-order valence-corrected chi connectivity index (χ2v) is 7.85. The molecule has 4 rings (SSSR count). The molecule has 1 saturated heterocycles. The maximum absolute atomic E-state index is 12.9. The van der Waals surface area contributed by atoms with Gasteiger partial charge in [-0.1, -0.05) is 52.3 Å². The van der Waals surface area contributed by atoms with Crippen LogP contribution in [0.2, 0.25) is 10.0 Å². The highest BCUT2D eigenvalue weighted by molar-refractivity contribution is 8.13. The van der Waals surface area contributed by atoms with E-state index in [1.165, 1.54) is 0 Å². The number of aromatic nitrogens is 3. The Balaban J connectivity index is 1.59. The van der Waals surface area contributed by atoms with Gasteiger partial charge in [0.05, 0.1) is 21.2 Å². The number of thioether (sulfide) groups is 1. The van der Waals surface area contributed by atoms with Crippen molar-refractivity contribution in [1.82, 2.24) is 19.9 Å². The van der Waals surface area contributed by atoms with E-state index >= 15 is 0 Å². The fraction of sp³-hybridized carbons (Fsp3) is 0.222. The number of carbonyl (C=O) groups excluding carboxylic acids is 1. The quantitative estimate of drug-likeness (QED) is 0.631. The molecule has 1 aliphatic heterocycles. The molecule has 0 saturated carbocycles. The number of para-hydroxylation sites is 1. The molecule has 3 aromatic rings. The third kappa shape index (κ3) is 3.95. The normalized spacial score (nSPS) is 16.2. The van der Waals surface area contributed by atoms with Crippen LogP contribution in [0.25, 0.3) is 11.0 Å². The van der Waals surface area contributed by atoms with Gasteiger partial charge in [-0.05, 0) is 36.8 Å². The van der Waals surface area contributed by atoms with Crippen LogP contribution in [0, 0.1) is 0 Å². The molecule has 27 heavy (non-hydrogen) atoms. The van der Waals surface area contributed by atoms with Gasteiger partial charge in [0, 0.05) is 12.3 Å². The van der Waals surface area contributed by atoms with Gasteiger partial charge in [0.15, 0.2) is 5.17 Å². The molecule has 2 aromatic carbocycles. The summed E-state index contributed by atoms with van der Waals surface area (Å²) < 4.78 is 1.62. The van der Waals surface area contributed by atoms with Crippen molar-refractivity contribution in [1.29, 1.82) is 0 Å². The first-order chi connectivity index (χ1) is 13.1. The molecule has 1 fully saturated rings. The third-order valence-corrected chi connectivity index (χ3v) is 5.92. The van der Waals surface area contributed by atoms with Crippen LogP contribution in [0.3, 0.4) is 0 Å². The number of aliphatic imine (C=N–C) groups is 1. The lowest BCUT2D eigenvalue weighted by atomic mass is 10.3. The summed E-state index contributed by atoms with van der Waals surface area (Å²) in [7, 11) is 0. The second-order valence-electron chi connectivity index (χ2n) is 5.98. The first-order valence-corrected chi connectivity index (χ1v) is 10.1. The summed E-state index contributed by atoms with van der Waals surface area (Å²) in [5, 5.41) is 9.77. The van der Waals surface area contributed by atoms with Crippen LogP contribution in [-0.2, 0) is 11.3 Å². The van der Waals surface area contributed by atoms with Gasteiger partial charge in [-0.3, -0.25) is 9.69 Å². The molecule has 2 heterocycles. The lowest BCUT2D eigenvalue weighted by Gasteiger charge is -2.27. The molecule has 6 nitrogen and oxygen atoms in total. The van der Waals surface area contributed by atoms with E-state index in [4.69, 9.17) is 23.2 Å². The molecule has 0 radical (unpaired) electrons. The van der Waals surface area contributed by atoms with Crippen LogP contribution in [0.4, 0.5) is 5.69 Å². The van der Waals surface area contributed by atoms with E-state index in [1.807, 2.05) is 24.3 Å². The number of carbonyl (C=O) groups is 1. The SMILES string of the molecule is O=C(Cn1nnc2ccccc21)N1CCCSC1=Nc1ccc(Cl)c(Cl)c1. The summed E-state index contributed by atoms with van der Waals surface area (Å²) in [6.07, 6.45) is 0.912. The first-order valence-electron chi connectivity index (χ1n) is 8.37.